The van der Waals surface area contributed by atoms with Gasteiger partial charge in [0.1, 0.15) is 11.3 Å². The minimum atomic E-state index is 0.0471. The number of carbonyl (C=O) groups is 1. The van der Waals surface area contributed by atoms with Crippen molar-refractivity contribution in [3.63, 3.8) is 0 Å². The number of fused-ring (bicyclic) bond motifs is 1. The summed E-state index contributed by atoms with van der Waals surface area (Å²) in [6, 6.07) is 7.68. The van der Waals surface area contributed by atoms with Gasteiger partial charge in [0.15, 0.2) is 0 Å². The van der Waals surface area contributed by atoms with Gasteiger partial charge in [-0.1, -0.05) is 31.5 Å². The fourth-order valence-electron chi connectivity index (χ4n) is 2.12. The van der Waals surface area contributed by atoms with E-state index in [1.165, 1.54) is 0 Å². The first-order valence-electron chi connectivity index (χ1n) is 6.38. The first-order chi connectivity index (χ1) is 8.65. The SMILES string of the molecule is CCCCN(C)C(=O)c1c(C)oc2ccccc12. The molecule has 0 saturated carbocycles. The molecule has 0 aliphatic heterocycles. The fraction of sp³-hybridized carbons (Fsp3) is 0.400. The summed E-state index contributed by atoms with van der Waals surface area (Å²) in [5.74, 6) is 0.746. The van der Waals surface area contributed by atoms with Gasteiger partial charge in [-0.25, -0.2) is 0 Å². The normalized spacial score (nSPS) is 10.8. The Morgan fingerprint density at radius 3 is 2.78 bits per heavy atom. The summed E-state index contributed by atoms with van der Waals surface area (Å²) in [5, 5.41) is 0.906. The molecule has 1 amide bonds. The molecule has 2 aromatic rings. The molecule has 0 unspecified atom stereocenters. The standard InChI is InChI=1S/C15H19NO2/c1-4-5-10-16(3)15(17)14-11(2)18-13-9-7-6-8-12(13)14/h6-9H,4-5,10H2,1-3H3. The van der Waals surface area contributed by atoms with Crippen LogP contribution in [0, 0.1) is 6.92 Å². The number of benzene rings is 1. The molecule has 0 atom stereocenters. The second-order valence-electron chi connectivity index (χ2n) is 4.61. The van der Waals surface area contributed by atoms with Crippen molar-refractivity contribution in [1.29, 1.82) is 0 Å². The van der Waals surface area contributed by atoms with Crippen LogP contribution in [0.25, 0.3) is 11.0 Å². The topological polar surface area (TPSA) is 33.5 Å². The van der Waals surface area contributed by atoms with E-state index < -0.39 is 0 Å². The summed E-state index contributed by atoms with van der Waals surface area (Å²) < 4.78 is 5.63. The van der Waals surface area contributed by atoms with E-state index in [0.717, 1.165) is 30.4 Å². The van der Waals surface area contributed by atoms with Crippen LogP contribution in [0.15, 0.2) is 28.7 Å². The van der Waals surface area contributed by atoms with Crippen molar-refractivity contribution >= 4 is 16.9 Å². The highest BCUT2D eigenvalue weighted by Crippen LogP contribution is 2.26. The Morgan fingerprint density at radius 1 is 1.33 bits per heavy atom. The molecule has 3 heteroatoms. The number of nitrogens with zero attached hydrogens (tertiary/aromatic N) is 1. The van der Waals surface area contributed by atoms with Crippen molar-refractivity contribution < 1.29 is 9.21 Å². The van der Waals surface area contributed by atoms with Crippen LogP contribution in [0.3, 0.4) is 0 Å². The molecule has 0 radical (unpaired) electrons. The highest BCUT2D eigenvalue weighted by atomic mass is 16.3. The van der Waals surface area contributed by atoms with Crippen LogP contribution < -0.4 is 0 Å². The van der Waals surface area contributed by atoms with E-state index in [1.54, 1.807) is 4.90 Å². The minimum Gasteiger partial charge on any atom is -0.461 e. The Labute approximate surface area is 107 Å². The minimum absolute atomic E-state index is 0.0471. The summed E-state index contributed by atoms with van der Waals surface area (Å²) in [6.07, 6.45) is 2.11. The lowest BCUT2D eigenvalue weighted by Gasteiger charge is -2.16. The maximum Gasteiger partial charge on any atom is 0.257 e. The van der Waals surface area contributed by atoms with Gasteiger partial charge >= 0.3 is 0 Å². The third-order valence-electron chi connectivity index (χ3n) is 3.18. The quantitative estimate of drug-likeness (QED) is 0.824. The number of hydrogen-bond donors (Lipinski definition) is 0. The third-order valence-corrected chi connectivity index (χ3v) is 3.18. The molecule has 0 N–H and O–H groups in total. The van der Waals surface area contributed by atoms with Crippen LogP contribution in [0.1, 0.15) is 35.9 Å². The summed E-state index contributed by atoms with van der Waals surface area (Å²) in [5.41, 5.74) is 1.48. The van der Waals surface area contributed by atoms with Crippen LogP contribution in [-0.4, -0.2) is 24.4 Å². The highest BCUT2D eigenvalue weighted by Gasteiger charge is 2.20. The Balaban J connectivity index is 2.35. The average Bonchev–Trinajstić information content (AvgIpc) is 2.70. The number of aryl methyl sites for hydroxylation is 1. The molecule has 3 nitrogen and oxygen atoms in total. The van der Waals surface area contributed by atoms with Gasteiger partial charge in [-0.15, -0.1) is 0 Å². The lowest BCUT2D eigenvalue weighted by Crippen LogP contribution is -2.27. The first kappa shape index (κ1) is 12.7. The molecule has 2 rings (SSSR count). The maximum absolute atomic E-state index is 12.4. The molecule has 18 heavy (non-hydrogen) atoms. The van der Waals surface area contributed by atoms with Crippen LogP contribution >= 0.6 is 0 Å². The van der Waals surface area contributed by atoms with Gasteiger partial charge in [-0.3, -0.25) is 4.79 Å². The molecule has 1 heterocycles. The van der Waals surface area contributed by atoms with E-state index in [-0.39, 0.29) is 5.91 Å². The molecule has 0 fully saturated rings. The van der Waals surface area contributed by atoms with Gasteiger partial charge in [-0.2, -0.15) is 0 Å². The smallest absolute Gasteiger partial charge is 0.257 e. The Kier molecular flexibility index (Phi) is 3.70. The molecular formula is C15H19NO2. The van der Waals surface area contributed by atoms with Crippen LogP contribution in [0.2, 0.25) is 0 Å². The molecule has 0 aliphatic rings. The van der Waals surface area contributed by atoms with Crippen molar-refractivity contribution in [3.05, 3.63) is 35.6 Å². The summed E-state index contributed by atoms with van der Waals surface area (Å²) in [7, 11) is 1.85. The van der Waals surface area contributed by atoms with Crippen molar-refractivity contribution in [1.82, 2.24) is 4.90 Å². The van der Waals surface area contributed by atoms with Gasteiger partial charge in [0.25, 0.3) is 5.91 Å². The van der Waals surface area contributed by atoms with E-state index in [9.17, 15) is 4.79 Å². The summed E-state index contributed by atoms with van der Waals surface area (Å²) in [6.45, 7) is 4.76. The van der Waals surface area contributed by atoms with Gasteiger partial charge < -0.3 is 9.32 Å². The fourth-order valence-corrected chi connectivity index (χ4v) is 2.12. The molecule has 0 spiro atoms. The number of amides is 1. The van der Waals surface area contributed by atoms with Crippen molar-refractivity contribution in [2.24, 2.45) is 0 Å². The summed E-state index contributed by atoms with van der Waals surface area (Å²) in [4.78, 5) is 14.2. The molecule has 96 valence electrons. The van der Waals surface area contributed by atoms with Crippen LogP contribution in [0.5, 0.6) is 0 Å². The number of carbonyl (C=O) groups excluding carboxylic acids is 1. The van der Waals surface area contributed by atoms with E-state index in [2.05, 4.69) is 6.92 Å². The monoisotopic (exact) mass is 245 g/mol. The zero-order valence-corrected chi connectivity index (χ0v) is 11.2. The van der Waals surface area contributed by atoms with Crippen molar-refractivity contribution in [2.75, 3.05) is 13.6 Å². The zero-order valence-electron chi connectivity index (χ0n) is 11.2. The third kappa shape index (κ3) is 2.26. The average molecular weight is 245 g/mol. The predicted octanol–water partition coefficient (Wildman–Crippen LogP) is 3.61. The van der Waals surface area contributed by atoms with E-state index in [4.69, 9.17) is 4.42 Å². The van der Waals surface area contributed by atoms with Gasteiger partial charge in [0.05, 0.1) is 5.56 Å². The second kappa shape index (κ2) is 5.25. The number of para-hydroxylation sites is 1. The number of furan rings is 1. The number of hydrogen-bond acceptors (Lipinski definition) is 2. The molecular weight excluding hydrogens is 226 g/mol. The Morgan fingerprint density at radius 2 is 2.06 bits per heavy atom. The molecule has 1 aromatic carbocycles. The predicted molar refractivity (Wildman–Crippen MR) is 72.8 cm³/mol. The zero-order chi connectivity index (χ0) is 13.1. The van der Waals surface area contributed by atoms with E-state index >= 15 is 0 Å². The van der Waals surface area contributed by atoms with Gasteiger partial charge in [0.2, 0.25) is 0 Å². The lowest BCUT2D eigenvalue weighted by atomic mass is 10.1. The highest BCUT2D eigenvalue weighted by molar-refractivity contribution is 6.07. The molecule has 0 aliphatic carbocycles. The second-order valence-corrected chi connectivity index (χ2v) is 4.61. The molecule has 1 aromatic heterocycles. The van der Waals surface area contributed by atoms with Gasteiger partial charge in [0, 0.05) is 19.0 Å². The summed E-state index contributed by atoms with van der Waals surface area (Å²) >= 11 is 0. The lowest BCUT2D eigenvalue weighted by molar-refractivity contribution is 0.0793. The van der Waals surface area contributed by atoms with E-state index in [1.807, 2.05) is 38.2 Å². The van der Waals surface area contributed by atoms with Crippen LogP contribution in [0.4, 0.5) is 0 Å². The van der Waals surface area contributed by atoms with Crippen molar-refractivity contribution in [2.45, 2.75) is 26.7 Å². The first-order valence-corrected chi connectivity index (χ1v) is 6.38. The molecule has 0 bridgehead atoms. The molecule has 0 saturated heterocycles. The Hall–Kier alpha value is -1.77. The van der Waals surface area contributed by atoms with Gasteiger partial charge in [-0.05, 0) is 19.4 Å². The number of rotatable bonds is 4. The number of unbranched alkanes of at least 4 members (excludes halogenated alkanes) is 1. The van der Waals surface area contributed by atoms with Crippen molar-refractivity contribution in [3.8, 4) is 0 Å². The van der Waals surface area contributed by atoms with Crippen LogP contribution in [-0.2, 0) is 0 Å². The Bertz CT molecular complexity index is 557. The van der Waals surface area contributed by atoms with E-state index in [0.29, 0.717) is 11.3 Å². The maximum atomic E-state index is 12.4. The largest absolute Gasteiger partial charge is 0.461 e.